The van der Waals surface area contributed by atoms with Gasteiger partial charge in [-0.25, -0.2) is 4.98 Å². The third-order valence-corrected chi connectivity index (χ3v) is 5.29. The fourth-order valence-electron chi connectivity index (χ4n) is 3.37. The molecule has 0 amide bonds. The van der Waals surface area contributed by atoms with Crippen LogP contribution in [0.3, 0.4) is 0 Å². The summed E-state index contributed by atoms with van der Waals surface area (Å²) in [6, 6.07) is 5.00. The van der Waals surface area contributed by atoms with E-state index in [1.165, 1.54) is 32.2 Å². The predicted octanol–water partition coefficient (Wildman–Crippen LogP) is 3.12. The van der Waals surface area contributed by atoms with E-state index in [4.69, 9.17) is 4.98 Å². The first kappa shape index (κ1) is 13.4. The first-order valence-electron chi connectivity index (χ1n) is 7.35. The summed E-state index contributed by atoms with van der Waals surface area (Å²) in [6.07, 6.45) is 5.35. The number of aryl methyl sites for hydroxylation is 1. The molecule has 3 heterocycles. The van der Waals surface area contributed by atoms with E-state index in [9.17, 15) is 0 Å². The van der Waals surface area contributed by atoms with Gasteiger partial charge in [-0.05, 0) is 73.1 Å². The Labute approximate surface area is 123 Å². The van der Waals surface area contributed by atoms with Crippen LogP contribution in [0.5, 0.6) is 0 Å². The van der Waals surface area contributed by atoms with Crippen LogP contribution in [0, 0.1) is 12.8 Å². The van der Waals surface area contributed by atoms with Crippen molar-refractivity contribution in [1.29, 1.82) is 0 Å². The molecule has 19 heavy (non-hydrogen) atoms. The number of piperidine rings is 1. The molecule has 0 saturated carbocycles. The molecule has 2 saturated heterocycles. The van der Waals surface area contributed by atoms with Crippen LogP contribution in [0.1, 0.15) is 31.4 Å². The number of nitrogens with zero attached hydrogens (tertiary/aromatic N) is 2. The van der Waals surface area contributed by atoms with Crippen molar-refractivity contribution in [3.8, 4) is 0 Å². The molecule has 2 fully saturated rings. The number of nitrogens with one attached hydrogen (secondary N) is 1. The van der Waals surface area contributed by atoms with E-state index < -0.39 is 0 Å². The van der Waals surface area contributed by atoms with E-state index in [1.807, 2.05) is 0 Å². The van der Waals surface area contributed by atoms with Crippen LogP contribution >= 0.6 is 15.9 Å². The van der Waals surface area contributed by atoms with Crippen molar-refractivity contribution in [2.75, 3.05) is 24.5 Å². The van der Waals surface area contributed by atoms with E-state index >= 15 is 0 Å². The van der Waals surface area contributed by atoms with Crippen LogP contribution in [0.4, 0.5) is 5.82 Å². The van der Waals surface area contributed by atoms with Gasteiger partial charge in [0, 0.05) is 23.6 Å². The minimum absolute atomic E-state index is 0.736. The summed E-state index contributed by atoms with van der Waals surface area (Å²) < 4.78 is 1.10. The van der Waals surface area contributed by atoms with Gasteiger partial charge < -0.3 is 10.2 Å². The second-order valence-electron chi connectivity index (χ2n) is 5.79. The van der Waals surface area contributed by atoms with Gasteiger partial charge in [0.05, 0.1) is 5.69 Å². The fourth-order valence-corrected chi connectivity index (χ4v) is 3.59. The number of halogens is 1. The molecule has 3 nitrogen and oxygen atoms in total. The molecular formula is C15H22BrN3. The van der Waals surface area contributed by atoms with Crippen LogP contribution in [0.25, 0.3) is 0 Å². The maximum Gasteiger partial charge on any atom is 0.128 e. The Bertz CT molecular complexity index is 443. The lowest BCUT2D eigenvalue weighted by Crippen LogP contribution is -2.43. The molecule has 0 spiro atoms. The summed E-state index contributed by atoms with van der Waals surface area (Å²) in [5, 5.41) is 3.66. The van der Waals surface area contributed by atoms with Crippen LogP contribution in [0.2, 0.25) is 0 Å². The molecule has 2 unspecified atom stereocenters. The number of aromatic nitrogens is 1. The molecule has 1 N–H and O–H groups in total. The number of anilines is 1. The third kappa shape index (κ3) is 2.95. The van der Waals surface area contributed by atoms with Crippen LogP contribution in [-0.2, 0) is 0 Å². The second-order valence-corrected chi connectivity index (χ2v) is 6.64. The van der Waals surface area contributed by atoms with Gasteiger partial charge in [0.2, 0.25) is 0 Å². The van der Waals surface area contributed by atoms with Crippen molar-refractivity contribution >= 4 is 21.7 Å². The summed E-state index contributed by atoms with van der Waals surface area (Å²) >= 11 is 3.53. The summed E-state index contributed by atoms with van der Waals surface area (Å²) in [5.74, 6) is 1.94. The molecule has 2 aliphatic rings. The van der Waals surface area contributed by atoms with Gasteiger partial charge in [0.25, 0.3) is 0 Å². The second kappa shape index (κ2) is 5.80. The van der Waals surface area contributed by atoms with Crippen LogP contribution < -0.4 is 10.2 Å². The van der Waals surface area contributed by atoms with Crippen molar-refractivity contribution in [3.63, 3.8) is 0 Å². The van der Waals surface area contributed by atoms with Gasteiger partial charge in [0.15, 0.2) is 0 Å². The van der Waals surface area contributed by atoms with Crippen molar-refractivity contribution < 1.29 is 0 Å². The first-order chi connectivity index (χ1) is 9.24. The predicted molar refractivity (Wildman–Crippen MR) is 82.6 cm³/mol. The molecule has 0 aliphatic carbocycles. The smallest absolute Gasteiger partial charge is 0.128 e. The molecule has 104 valence electrons. The summed E-state index contributed by atoms with van der Waals surface area (Å²) in [7, 11) is 0. The molecule has 1 aromatic rings. The Morgan fingerprint density at radius 2 is 2.21 bits per heavy atom. The highest BCUT2D eigenvalue weighted by atomic mass is 79.9. The average Bonchev–Trinajstić information content (AvgIpc) is 2.96. The zero-order chi connectivity index (χ0) is 13.2. The fraction of sp³-hybridized carbons (Fsp3) is 0.667. The zero-order valence-electron chi connectivity index (χ0n) is 11.5. The SMILES string of the molecule is Cc1nc(N2CCCC(C3CCCN3)C2)ccc1Br. The Morgan fingerprint density at radius 1 is 1.32 bits per heavy atom. The molecule has 3 rings (SSSR count). The molecule has 2 atom stereocenters. The quantitative estimate of drug-likeness (QED) is 0.906. The highest BCUT2D eigenvalue weighted by Crippen LogP contribution is 2.28. The van der Waals surface area contributed by atoms with E-state index in [2.05, 4.69) is 45.2 Å². The topological polar surface area (TPSA) is 28.2 Å². The van der Waals surface area contributed by atoms with Crippen molar-refractivity contribution in [3.05, 3.63) is 22.3 Å². The van der Waals surface area contributed by atoms with Gasteiger partial charge >= 0.3 is 0 Å². The van der Waals surface area contributed by atoms with Gasteiger partial charge in [-0.3, -0.25) is 0 Å². The molecule has 0 radical (unpaired) electrons. The van der Waals surface area contributed by atoms with Gasteiger partial charge in [-0.2, -0.15) is 0 Å². The Balaban J connectivity index is 1.71. The summed E-state index contributed by atoms with van der Waals surface area (Å²) in [5.41, 5.74) is 1.08. The minimum Gasteiger partial charge on any atom is -0.356 e. The average molecular weight is 324 g/mol. The number of hydrogen-bond acceptors (Lipinski definition) is 3. The van der Waals surface area contributed by atoms with Crippen molar-refractivity contribution in [2.45, 2.75) is 38.6 Å². The zero-order valence-corrected chi connectivity index (χ0v) is 13.1. The largest absolute Gasteiger partial charge is 0.356 e. The molecule has 0 aromatic carbocycles. The van der Waals surface area contributed by atoms with Gasteiger partial charge in [0.1, 0.15) is 5.82 Å². The summed E-state index contributed by atoms with van der Waals surface area (Å²) in [6.45, 7) is 5.58. The van der Waals surface area contributed by atoms with E-state index in [-0.39, 0.29) is 0 Å². The van der Waals surface area contributed by atoms with Crippen LogP contribution in [-0.4, -0.2) is 30.7 Å². The lowest BCUT2D eigenvalue weighted by molar-refractivity contribution is 0.328. The third-order valence-electron chi connectivity index (χ3n) is 4.46. The summed E-state index contributed by atoms with van der Waals surface area (Å²) in [4.78, 5) is 7.18. The Morgan fingerprint density at radius 3 is 2.95 bits per heavy atom. The Kier molecular flexibility index (Phi) is 4.08. The molecule has 2 aliphatic heterocycles. The van der Waals surface area contributed by atoms with E-state index in [0.717, 1.165) is 41.0 Å². The minimum atomic E-state index is 0.736. The van der Waals surface area contributed by atoms with E-state index in [1.54, 1.807) is 0 Å². The maximum absolute atomic E-state index is 4.72. The standard InChI is InChI=1S/C15H22BrN3/c1-11-13(16)6-7-15(18-11)19-9-3-4-12(10-19)14-5-2-8-17-14/h6-7,12,14,17H,2-5,8-10H2,1H3. The highest BCUT2D eigenvalue weighted by Gasteiger charge is 2.29. The molecule has 1 aromatic heterocycles. The lowest BCUT2D eigenvalue weighted by Gasteiger charge is -2.36. The normalized spacial score (nSPS) is 27.8. The molecule has 4 heteroatoms. The Hall–Kier alpha value is -0.610. The number of rotatable bonds is 2. The van der Waals surface area contributed by atoms with E-state index in [0.29, 0.717) is 0 Å². The first-order valence-corrected chi connectivity index (χ1v) is 8.15. The molecular weight excluding hydrogens is 302 g/mol. The number of hydrogen-bond donors (Lipinski definition) is 1. The number of pyridine rings is 1. The monoisotopic (exact) mass is 323 g/mol. The molecule has 0 bridgehead atoms. The van der Waals surface area contributed by atoms with Crippen LogP contribution in [0.15, 0.2) is 16.6 Å². The van der Waals surface area contributed by atoms with Crippen molar-refractivity contribution in [2.24, 2.45) is 5.92 Å². The van der Waals surface area contributed by atoms with Gasteiger partial charge in [-0.1, -0.05) is 0 Å². The van der Waals surface area contributed by atoms with Gasteiger partial charge in [-0.15, -0.1) is 0 Å². The highest BCUT2D eigenvalue weighted by molar-refractivity contribution is 9.10. The van der Waals surface area contributed by atoms with Crippen molar-refractivity contribution in [1.82, 2.24) is 10.3 Å². The maximum atomic E-state index is 4.72. The lowest BCUT2D eigenvalue weighted by atomic mass is 9.90.